The first kappa shape index (κ1) is 13.9. The summed E-state index contributed by atoms with van der Waals surface area (Å²) in [6.45, 7) is 1.11. The Morgan fingerprint density at radius 1 is 1.47 bits per heavy atom. The number of halogens is 1. The van der Waals surface area contributed by atoms with Gasteiger partial charge in [-0.25, -0.2) is 17.9 Å². The van der Waals surface area contributed by atoms with Crippen LogP contribution in [-0.4, -0.2) is 28.7 Å². The van der Waals surface area contributed by atoms with Gasteiger partial charge in [-0.3, -0.25) is 0 Å². The molecule has 0 radical (unpaired) electrons. The van der Waals surface area contributed by atoms with Crippen LogP contribution in [0, 0.1) is 5.82 Å². The minimum absolute atomic E-state index is 0.238. The van der Waals surface area contributed by atoms with E-state index in [-0.39, 0.29) is 10.6 Å². The van der Waals surface area contributed by atoms with Crippen molar-refractivity contribution in [3.63, 3.8) is 0 Å². The zero-order valence-corrected chi connectivity index (χ0v) is 10.3. The molecule has 0 bridgehead atoms. The minimum atomic E-state index is -3.86. The highest BCUT2D eigenvalue weighted by Gasteiger charge is 2.10. The van der Waals surface area contributed by atoms with Crippen molar-refractivity contribution in [3.05, 3.63) is 24.0 Å². The number of hydrogen-bond acceptors (Lipinski definition) is 4. The average molecular weight is 262 g/mol. The number of ether oxygens (including phenoxy) is 1. The van der Waals surface area contributed by atoms with E-state index in [2.05, 4.69) is 5.32 Å². The van der Waals surface area contributed by atoms with Crippen molar-refractivity contribution in [2.24, 2.45) is 5.14 Å². The van der Waals surface area contributed by atoms with Gasteiger partial charge in [0.05, 0.1) is 10.6 Å². The van der Waals surface area contributed by atoms with Gasteiger partial charge in [0.25, 0.3) is 0 Å². The topological polar surface area (TPSA) is 81.4 Å². The third kappa shape index (κ3) is 4.29. The molecule has 0 spiro atoms. The fourth-order valence-electron chi connectivity index (χ4n) is 1.26. The van der Waals surface area contributed by atoms with E-state index in [1.807, 2.05) is 0 Å². The van der Waals surface area contributed by atoms with E-state index >= 15 is 0 Å². The molecule has 0 aromatic heterocycles. The lowest BCUT2D eigenvalue weighted by Crippen LogP contribution is -2.13. The maximum Gasteiger partial charge on any atom is 0.238 e. The Morgan fingerprint density at radius 3 is 2.71 bits per heavy atom. The minimum Gasteiger partial charge on any atom is -0.385 e. The lowest BCUT2D eigenvalue weighted by atomic mass is 10.3. The van der Waals surface area contributed by atoms with Crippen LogP contribution in [0.2, 0.25) is 0 Å². The third-order valence-corrected chi connectivity index (χ3v) is 3.02. The van der Waals surface area contributed by atoms with Gasteiger partial charge in [0.15, 0.2) is 0 Å². The molecule has 0 atom stereocenters. The van der Waals surface area contributed by atoms with Crippen molar-refractivity contribution < 1.29 is 17.5 Å². The lowest BCUT2D eigenvalue weighted by Gasteiger charge is -2.08. The van der Waals surface area contributed by atoms with Gasteiger partial charge < -0.3 is 10.1 Å². The molecule has 0 amide bonds. The Morgan fingerprint density at radius 2 is 2.18 bits per heavy atom. The summed E-state index contributed by atoms with van der Waals surface area (Å²) in [4.78, 5) is -0.238. The summed E-state index contributed by atoms with van der Waals surface area (Å²) in [7, 11) is -2.27. The zero-order valence-electron chi connectivity index (χ0n) is 9.44. The first-order valence-corrected chi connectivity index (χ1v) is 6.55. The standard InChI is InChI=1S/C10H15FN2O3S/c1-16-6-2-5-13-10-4-3-8(7-9(10)11)17(12,14)15/h3-4,7,13H,2,5-6H2,1H3,(H2,12,14,15). The number of methoxy groups -OCH3 is 1. The number of nitrogens with two attached hydrogens (primary N) is 1. The van der Waals surface area contributed by atoms with Gasteiger partial charge in [0.1, 0.15) is 5.82 Å². The van der Waals surface area contributed by atoms with Crippen LogP contribution in [0.25, 0.3) is 0 Å². The summed E-state index contributed by atoms with van der Waals surface area (Å²) in [5.41, 5.74) is 0.244. The molecule has 0 saturated carbocycles. The number of primary sulfonamides is 1. The van der Waals surface area contributed by atoms with E-state index in [0.29, 0.717) is 13.2 Å². The highest BCUT2D eigenvalue weighted by atomic mass is 32.2. The Kier molecular flexibility index (Phi) is 4.86. The van der Waals surface area contributed by atoms with E-state index in [4.69, 9.17) is 9.88 Å². The van der Waals surface area contributed by atoms with Crippen molar-refractivity contribution in [2.75, 3.05) is 25.6 Å². The molecule has 1 aromatic carbocycles. The Hall–Kier alpha value is -1.18. The molecule has 7 heteroatoms. The highest BCUT2D eigenvalue weighted by Crippen LogP contribution is 2.17. The van der Waals surface area contributed by atoms with Gasteiger partial charge >= 0.3 is 0 Å². The van der Waals surface area contributed by atoms with Gasteiger partial charge in [-0.2, -0.15) is 0 Å². The van der Waals surface area contributed by atoms with Gasteiger partial charge in [0.2, 0.25) is 10.0 Å². The van der Waals surface area contributed by atoms with E-state index in [1.165, 1.54) is 12.1 Å². The molecule has 17 heavy (non-hydrogen) atoms. The van der Waals surface area contributed by atoms with E-state index in [9.17, 15) is 12.8 Å². The third-order valence-electron chi connectivity index (χ3n) is 2.11. The first-order chi connectivity index (χ1) is 7.95. The second-order valence-corrected chi connectivity index (χ2v) is 5.02. The molecule has 0 saturated heterocycles. The van der Waals surface area contributed by atoms with Crippen LogP contribution in [0.3, 0.4) is 0 Å². The quantitative estimate of drug-likeness (QED) is 0.747. The van der Waals surface area contributed by atoms with Crippen LogP contribution in [0.4, 0.5) is 10.1 Å². The summed E-state index contributed by atoms with van der Waals surface area (Å²) in [6.07, 6.45) is 0.729. The Balaban J connectivity index is 2.70. The molecule has 1 rings (SSSR count). The van der Waals surface area contributed by atoms with Crippen molar-refractivity contribution in [1.29, 1.82) is 0 Å². The van der Waals surface area contributed by atoms with Crippen LogP contribution in [-0.2, 0) is 14.8 Å². The van der Waals surface area contributed by atoms with Crippen molar-refractivity contribution in [2.45, 2.75) is 11.3 Å². The van der Waals surface area contributed by atoms with Gasteiger partial charge in [-0.1, -0.05) is 0 Å². The summed E-state index contributed by atoms with van der Waals surface area (Å²) in [5, 5.41) is 7.72. The van der Waals surface area contributed by atoms with Crippen LogP contribution in [0.5, 0.6) is 0 Å². The largest absolute Gasteiger partial charge is 0.385 e. The highest BCUT2D eigenvalue weighted by molar-refractivity contribution is 7.89. The molecule has 3 N–H and O–H groups in total. The second kappa shape index (κ2) is 5.95. The Labute approximate surface area is 99.8 Å². The summed E-state index contributed by atoms with van der Waals surface area (Å²) < 4.78 is 40.3. The number of rotatable bonds is 6. The van der Waals surface area contributed by atoms with Gasteiger partial charge in [0, 0.05) is 20.3 Å². The van der Waals surface area contributed by atoms with Gasteiger partial charge in [-0.05, 0) is 24.6 Å². The normalized spacial score (nSPS) is 11.5. The number of sulfonamides is 1. The second-order valence-electron chi connectivity index (χ2n) is 3.46. The zero-order chi connectivity index (χ0) is 12.9. The van der Waals surface area contributed by atoms with Crippen LogP contribution in [0.1, 0.15) is 6.42 Å². The SMILES string of the molecule is COCCCNc1ccc(S(N)(=O)=O)cc1F. The molecule has 0 unspecified atom stereocenters. The monoisotopic (exact) mass is 262 g/mol. The van der Waals surface area contributed by atoms with Crippen molar-refractivity contribution >= 4 is 15.7 Å². The van der Waals surface area contributed by atoms with E-state index < -0.39 is 15.8 Å². The van der Waals surface area contributed by atoms with Crippen LogP contribution in [0.15, 0.2) is 23.1 Å². The summed E-state index contributed by atoms with van der Waals surface area (Å²) >= 11 is 0. The first-order valence-electron chi connectivity index (χ1n) is 5.00. The summed E-state index contributed by atoms with van der Waals surface area (Å²) in [6, 6.07) is 3.51. The molecular formula is C10H15FN2O3S. The fraction of sp³-hybridized carbons (Fsp3) is 0.400. The fourth-order valence-corrected chi connectivity index (χ4v) is 1.78. The average Bonchev–Trinajstić information content (AvgIpc) is 2.24. The van der Waals surface area contributed by atoms with E-state index in [1.54, 1.807) is 7.11 Å². The maximum atomic E-state index is 13.5. The lowest BCUT2D eigenvalue weighted by molar-refractivity contribution is 0.197. The molecule has 0 fully saturated rings. The van der Waals surface area contributed by atoms with Crippen LogP contribution >= 0.6 is 0 Å². The maximum absolute atomic E-state index is 13.5. The van der Waals surface area contributed by atoms with E-state index in [0.717, 1.165) is 12.5 Å². The molecule has 0 aliphatic rings. The number of benzene rings is 1. The van der Waals surface area contributed by atoms with Crippen molar-refractivity contribution in [1.82, 2.24) is 0 Å². The Bertz CT molecular complexity index is 476. The molecule has 5 nitrogen and oxygen atoms in total. The number of anilines is 1. The molecule has 0 aliphatic carbocycles. The smallest absolute Gasteiger partial charge is 0.238 e. The van der Waals surface area contributed by atoms with Crippen LogP contribution < -0.4 is 10.5 Å². The molecular weight excluding hydrogens is 247 g/mol. The number of nitrogens with one attached hydrogen (secondary N) is 1. The van der Waals surface area contributed by atoms with Crippen molar-refractivity contribution in [3.8, 4) is 0 Å². The summed E-state index contributed by atoms with van der Waals surface area (Å²) in [5.74, 6) is -0.644. The molecule has 0 aliphatic heterocycles. The molecule has 1 aromatic rings. The number of hydrogen-bond donors (Lipinski definition) is 2. The molecule has 96 valence electrons. The predicted molar refractivity (Wildman–Crippen MR) is 62.8 cm³/mol. The molecule has 0 heterocycles. The predicted octanol–water partition coefficient (Wildman–Crippen LogP) is 0.922. The van der Waals surface area contributed by atoms with Gasteiger partial charge in [-0.15, -0.1) is 0 Å².